The molecule has 0 radical (unpaired) electrons. The van der Waals surface area contributed by atoms with Gasteiger partial charge < -0.3 is 19.5 Å². The molecule has 0 aliphatic heterocycles. The normalized spacial score (nSPS) is 17.1. The van der Waals surface area contributed by atoms with Crippen LogP contribution < -0.4 is 5.32 Å². The first kappa shape index (κ1) is 24.8. The minimum Gasteiger partial charge on any atom is -0.378 e. The minimum atomic E-state index is -0.539. The van der Waals surface area contributed by atoms with Crippen molar-refractivity contribution in [2.45, 2.75) is 31.8 Å². The summed E-state index contributed by atoms with van der Waals surface area (Å²) in [5.41, 5.74) is 4.77. The van der Waals surface area contributed by atoms with E-state index in [1.807, 2.05) is 24.3 Å². The Kier molecular flexibility index (Phi) is 8.34. The van der Waals surface area contributed by atoms with Crippen molar-refractivity contribution in [2.75, 3.05) is 32.8 Å². The average Bonchev–Trinajstić information content (AvgIpc) is 3.17. The van der Waals surface area contributed by atoms with Crippen LogP contribution >= 0.6 is 23.2 Å². The molecule has 1 aromatic heterocycles. The van der Waals surface area contributed by atoms with Gasteiger partial charge in [-0.25, -0.2) is 14.4 Å². The summed E-state index contributed by atoms with van der Waals surface area (Å²) in [5.74, 6) is 0.554. The third-order valence-corrected chi connectivity index (χ3v) is 6.22. The zero-order valence-electron chi connectivity index (χ0n) is 19.0. The smallest absolute Gasteiger partial charge is 0.151 e. The van der Waals surface area contributed by atoms with Crippen molar-refractivity contribution < 1.29 is 18.6 Å². The minimum absolute atomic E-state index is 0.0381. The predicted octanol–water partition coefficient (Wildman–Crippen LogP) is 5.81. The van der Waals surface area contributed by atoms with Gasteiger partial charge in [0.25, 0.3) is 0 Å². The van der Waals surface area contributed by atoms with Crippen LogP contribution in [0.25, 0.3) is 11.3 Å². The van der Waals surface area contributed by atoms with Crippen LogP contribution in [0.1, 0.15) is 28.6 Å². The van der Waals surface area contributed by atoms with Crippen molar-refractivity contribution in [3.05, 3.63) is 75.0 Å². The van der Waals surface area contributed by atoms with Gasteiger partial charge in [-0.05, 0) is 29.3 Å². The van der Waals surface area contributed by atoms with Gasteiger partial charge in [-0.2, -0.15) is 0 Å². The number of nitrogens with one attached hydrogen (secondary N) is 1. The second-order valence-electron chi connectivity index (χ2n) is 7.93. The van der Waals surface area contributed by atoms with Gasteiger partial charge in [0.2, 0.25) is 0 Å². The molecular weight excluding hydrogens is 480 g/mol. The molecule has 34 heavy (non-hydrogen) atoms. The van der Waals surface area contributed by atoms with Gasteiger partial charge in [0.15, 0.2) is 5.82 Å². The van der Waals surface area contributed by atoms with E-state index in [4.69, 9.17) is 47.4 Å². The van der Waals surface area contributed by atoms with Gasteiger partial charge >= 0.3 is 0 Å². The van der Waals surface area contributed by atoms with E-state index >= 15 is 0 Å². The summed E-state index contributed by atoms with van der Waals surface area (Å²) in [4.78, 5) is 9.74. The first-order valence-electron chi connectivity index (χ1n) is 10.9. The summed E-state index contributed by atoms with van der Waals surface area (Å²) in [6.45, 7) is -0.0450. The zero-order chi connectivity index (χ0) is 24.1. The largest absolute Gasteiger partial charge is 0.378 e. The summed E-state index contributed by atoms with van der Waals surface area (Å²) in [6, 6.07) is 13.1. The molecule has 3 aromatic rings. The molecule has 0 spiro atoms. The maximum Gasteiger partial charge on any atom is 0.151 e. The van der Waals surface area contributed by atoms with Gasteiger partial charge in [-0.15, -0.1) is 0 Å². The van der Waals surface area contributed by atoms with Crippen molar-refractivity contribution in [2.24, 2.45) is 0 Å². The number of nitrogens with zero attached hydrogens (tertiary/aromatic N) is 2. The number of methoxy groups -OCH3 is 2. The summed E-state index contributed by atoms with van der Waals surface area (Å²) in [5, 5.41) is 4.50. The lowest BCUT2D eigenvalue weighted by Gasteiger charge is -2.24. The van der Waals surface area contributed by atoms with E-state index in [-0.39, 0.29) is 32.0 Å². The van der Waals surface area contributed by atoms with Crippen LogP contribution in [0.3, 0.4) is 0 Å². The van der Waals surface area contributed by atoms with Gasteiger partial charge in [0.1, 0.15) is 12.4 Å². The van der Waals surface area contributed by atoms with Crippen LogP contribution in [0.4, 0.5) is 10.2 Å². The quantitative estimate of drug-likeness (QED) is 0.375. The molecule has 180 valence electrons. The van der Waals surface area contributed by atoms with Crippen molar-refractivity contribution in [1.29, 1.82) is 0 Å². The standard InChI is InChI=1S/C25H26Cl2FN3O3/c1-32-13-20-23(18-8-7-16(26)12-19(18)27)29-21(14-33-2)25(30-20)31-24-17-6-4-3-5-15(17)11-22(24)34-10-9-28/h3-8,12,22,24H,9-11,13-14H2,1-2H3,(H,30,31)/t22-,24+/m0/s1. The fourth-order valence-corrected chi connectivity index (χ4v) is 4.72. The van der Waals surface area contributed by atoms with Crippen LogP contribution in [-0.4, -0.2) is 43.6 Å². The summed E-state index contributed by atoms with van der Waals surface area (Å²) >= 11 is 12.6. The molecule has 0 unspecified atom stereocenters. The molecule has 0 fully saturated rings. The second-order valence-corrected chi connectivity index (χ2v) is 8.77. The monoisotopic (exact) mass is 505 g/mol. The Morgan fingerprint density at radius 2 is 1.79 bits per heavy atom. The molecule has 1 N–H and O–H groups in total. The molecule has 1 aliphatic rings. The molecule has 0 saturated heterocycles. The lowest BCUT2D eigenvalue weighted by atomic mass is 10.1. The number of alkyl halides is 1. The molecular formula is C25H26Cl2FN3O3. The van der Waals surface area contributed by atoms with Gasteiger partial charge in [0, 0.05) is 31.2 Å². The molecule has 1 aliphatic carbocycles. The highest BCUT2D eigenvalue weighted by molar-refractivity contribution is 6.36. The molecule has 2 aromatic carbocycles. The second kappa shape index (κ2) is 11.4. The summed E-state index contributed by atoms with van der Waals surface area (Å²) < 4.78 is 29.6. The first-order chi connectivity index (χ1) is 16.5. The average molecular weight is 506 g/mol. The number of rotatable bonds is 10. The van der Waals surface area contributed by atoms with Crippen LogP contribution in [0.5, 0.6) is 0 Å². The molecule has 0 amide bonds. The number of benzene rings is 2. The van der Waals surface area contributed by atoms with Crippen LogP contribution in [0.15, 0.2) is 42.5 Å². The Labute approximate surface area is 208 Å². The molecule has 0 bridgehead atoms. The van der Waals surface area contributed by atoms with Crippen molar-refractivity contribution >= 4 is 29.0 Å². The fraction of sp³-hybridized carbons (Fsp3) is 0.360. The topological polar surface area (TPSA) is 65.5 Å². The van der Waals surface area contributed by atoms with E-state index < -0.39 is 6.67 Å². The van der Waals surface area contributed by atoms with E-state index in [0.29, 0.717) is 44.9 Å². The highest BCUT2D eigenvalue weighted by Gasteiger charge is 2.34. The Bertz CT molecular complexity index is 1150. The summed E-state index contributed by atoms with van der Waals surface area (Å²) in [6.07, 6.45) is 0.450. The van der Waals surface area contributed by atoms with E-state index in [9.17, 15) is 4.39 Å². The zero-order valence-corrected chi connectivity index (χ0v) is 20.5. The summed E-state index contributed by atoms with van der Waals surface area (Å²) in [7, 11) is 3.20. The Hall–Kier alpha value is -2.29. The number of fused-ring (bicyclic) bond motifs is 1. The van der Waals surface area contributed by atoms with E-state index in [1.165, 1.54) is 0 Å². The highest BCUT2D eigenvalue weighted by atomic mass is 35.5. The molecule has 6 nitrogen and oxygen atoms in total. The van der Waals surface area contributed by atoms with E-state index in [0.717, 1.165) is 11.1 Å². The molecule has 4 rings (SSSR count). The molecule has 2 atom stereocenters. The van der Waals surface area contributed by atoms with Crippen LogP contribution in [-0.2, 0) is 33.8 Å². The van der Waals surface area contributed by atoms with Gasteiger partial charge in [0.05, 0.1) is 48.4 Å². The Morgan fingerprint density at radius 1 is 1.03 bits per heavy atom. The molecule has 9 heteroatoms. The van der Waals surface area contributed by atoms with Crippen molar-refractivity contribution in [1.82, 2.24) is 9.97 Å². The van der Waals surface area contributed by atoms with Crippen molar-refractivity contribution in [3.63, 3.8) is 0 Å². The third-order valence-electron chi connectivity index (χ3n) is 5.67. The number of hydrogen-bond donors (Lipinski definition) is 1. The Morgan fingerprint density at radius 3 is 2.53 bits per heavy atom. The SMILES string of the molecule is COCc1nc(-c2ccc(Cl)cc2Cl)c(COC)nc1N[C@@H]1c2ccccc2C[C@@H]1OCCF. The lowest BCUT2D eigenvalue weighted by molar-refractivity contribution is 0.0393. The maximum atomic E-state index is 12.9. The number of aromatic nitrogens is 2. The van der Waals surface area contributed by atoms with E-state index in [1.54, 1.807) is 26.4 Å². The highest BCUT2D eigenvalue weighted by Crippen LogP contribution is 2.38. The molecule has 0 saturated carbocycles. The fourth-order valence-electron chi connectivity index (χ4n) is 4.22. The van der Waals surface area contributed by atoms with Crippen LogP contribution in [0, 0.1) is 0 Å². The van der Waals surface area contributed by atoms with Crippen LogP contribution in [0.2, 0.25) is 10.0 Å². The number of anilines is 1. The lowest BCUT2D eigenvalue weighted by Crippen LogP contribution is -2.27. The first-order valence-corrected chi connectivity index (χ1v) is 11.7. The van der Waals surface area contributed by atoms with Gasteiger partial charge in [-0.1, -0.05) is 47.5 Å². The van der Waals surface area contributed by atoms with E-state index in [2.05, 4.69) is 11.4 Å². The van der Waals surface area contributed by atoms with Crippen molar-refractivity contribution in [3.8, 4) is 11.3 Å². The van der Waals surface area contributed by atoms with Gasteiger partial charge in [-0.3, -0.25) is 0 Å². The number of hydrogen-bond acceptors (Lipinski definition) is 6. The Balaban J connectivity index is 1.77. The third kappa shape index (κ3) is 5.34. The maximum absolute atomic E-state index is 12.9. The molecule has 1 heterocycles. The number of halogens is 3. The predicted molar refractivity (Wildman–Crippen MR) is 131 cm³/mol. The number of ether oxygens (including phenoxy) is 3.